The first kappa shape index (κ1) is 53.3. The van der Waals surface area contributed by atoms with E-state index in [0.29, 0.717) is 26.4 Å². The number of halogens is 1. The molecule has 0 aliphatic carbocycles. The standard InChI is InChI=1S/C48H91NO4.ClH/c1-6-8-10-12-14-16-18-20-22-24-26-28-30-32-37-51-42-46(53-38-33-31-29-27-25-23-21-19-17-15-13-11-9-7-2)43-52-41-44-35-34-36-45(39-44)47(50)40-49-48(3,4)5;/h34-36,39,46-47,49-50H,6-33,37-38,40-43H2,1-5H3;1H. The molecule has 0 heterocycles. The zero-order chi connectivity index (χ0) is 38.5. The number of aliphatic hydroxyl groups excluding tert-OH is 1. The molecular formula is C48H92ClNO4. The first-order chi connectivity index (χ1) is 25.9. The molecule has 0 aliphatic heterocycles. The minimum atomic E-state index is -0.543. The minimum absolute atomic E-state index is 0. The van der Waals surface area contributed by atoms with Crippen molar-refractivity contribution < 1.29 is 19.3 Å². The maximum atomic E-state index is 10.7. The van der Waals surface area contributed by atoms with Crippen LogP contribution in [0.5, 0.6) is 0 Å². The highest BCUT2D eigenvalue weighted by atomic mass is 35.5. The number of hydrogen-bond acceptors (Lipinski definition) is 5. The lowest BCUT2D eigenvalue weighted by molar-refractivity contribution is -0.0645. The lowest BCUT2D eigenvalue weighted by atomic mass is 10.0. The Labute approximate surface area is 343 Å². The molecule has 2 unspecified atom stereocenters. The number of ether oxygens (including phenoxy) is 3. The van der Waals surface area contributed by atoms with E-state index in [1.165, 1.54) is 167 Å². The maximum absolute atomic E-state index is 10.7. The normalized spacial score (nSPS) is 12.9. The highest BCUT2D eigenvalue weighted by molar-refractivity contribution is 5.85. The molecule has 5 nitrogen and oxygen atoms in total. The first-order valence-electron chi connectivity index (χ1n) is 23.1. The molecule has 0 spiro atoms. The summed E-state index contributed by atoms with van der Waals surface area (Å²) in [7, 11) is 0. The monoisotopic (exact) mass is 782 g/mol. The van der Waals surface area contributed by atoms with E-state index in [2.05, 4.69) is 52.1 Å². The Morgan fingerprint density at radius 2 is 0.963 bits per heavy atom. The molecule has 0 saturated heterocycles. The van der Waals surface area contributed by atoms with Gasteiger partial charge in [0.2, 0.25) is 0 Å². The SMILES string of the molecule is CCCCCCCCCCCCCCCCOCC(COCc1cccc(C(O)CNC(C)(C)C)c1)OCCCCCCCCCCCCCCCC.Cl. The van der Waals surface area contributed by atoms with Gasteiger partial charge in [-0.1, -0.05) is 205 Å². The average molecular weight is 783 g/mol. The molecule has 0 aliphatic rings. The molecule has 0 saturated carbocycles. The quantitative estimate of drug-likeness (QED) is 0.0649. The Kier molecular flexibility index (Phi) is 38.6. The van der Waals surface area contributed by atoms with Crippen LogP contribution in [0.2, 0.25) is 0 Å². The highest BCUT2D eigenvalue weighted by Gasteiger charge is 2.15. The van der Waals surface area contributed by atoms with E-state index in [1.54, 1.807) is 0 Å². The molecule has 0 amide bonds. The van der Waals surface area contributed by atoms with Gasteiger partial charge in [-0.25, -0.2) is 0 Å². The van der Waals surface area contributed by atoms with Gasteiger partial charge >= 0.3 is 0 Å². The van der Waals surface area contributed by atoms with Crippen LogP contribution in [0.1, 0.15) is 232 Å². The van der Waals surface area contributed by atoms with Crippen LogP contribution in [-0.2, 0) is 20.8 Å². The summed E-state index contributed by atoms with van der Waals surface area (Å²) in [4.78, 5) is 0. The second-order valence-electron chi connectivity index (χ2n) is 17.2. The zero-order valence-corrected chi connectivity index (χ0v) is 37.4. The third-order valence-corrected chi connectivity index (χ3v) is 10.5. The Bertz CT molecular complexity index is 894. The second-order valence-corrected chi connectivity index (χ2v) is 17.2. The predicted octanol–water partition coefficient (Wildman–Crippen LogP) is 14.4. The lowest BCUT2D eigenvalue weighted by Gasteiger charge is -2.23. The van der Waals surface area contributed by atoms with Crippen molar-refractivity contribution in [2.75, 3.05) is 33.0 Å². The van der Waals surface area contributed by atoms with Gasteiger partial charge in [0.05, 0.1) is 25.9 Å². The van der Waals surface area contributed by atoms with Crippen LogP contribution in [-0.4, -0.2) is 49.7 Å². The summed E-state index contributed by atoms with van der Waals surface area (Å²) in [5.74, 6) is 0. The van der Waals surface area contributed by atoms with Crippen LogP contribution in [0.15, 0.2) is 24.3 Å². The van der Waals surface area contributed by atoms with Crippen LogP contribution < -0.4 is 5.32 Å². The van der Waals surface area contributed by atoms with Crippen LogP contribution in [0.25, 0.3) is 0 Å². The van der Waals surface area contributed by atoms with Gasteiger partial charge in [0.25, 0.3) is 0 Å². The molecule has 0 fully saturated rings. The van der Waals surface area contributed by atoms with E-state index in [4.69, 9.17) is 14.2 Å². The molecule has 2 N–H and O–H groups in total. The summed E-state index contributed by atoms with van der Waals surface area (Å²) in [6.07, 6.45) is 37.7. The molecule has 2 atom stereocenters. The second kappa shape index (κ2) is 39.2. The van der Waals surface area contributed by atoms with E-state index < -0.39 is 6.10 Å². The van der Waals surface area contributed by atoms with Crippen LogP contribution in [0.4, 0.5) is 0 Å². The number of hydrogen-bond donors (Lipinski definition) is 2. The van der Waals surface area contributed by atoms with Gasteiger partial charge in [-0.3, -0.25) is 0 Å². The zero-order valence-electron chi connectivity index (χ0n) is 36.6. The number of β-amino-alcohol motifs (C(OH)–C–C–N with tert-alkyl or cyclic N) is 1. The molecule has 1 aromatic rings. The topological polar surface area (TPSA) is 60.0 Å². The van der Waals surface area contributed by atoms with E-state index in [0.717, 1.165) is 37.2 Å². The summed E-state index contributed by atoms with van der Waals surface area (Å²) in [5.41, 5.74) is 1.97. The Morgan fingerprint density at radius 3 is 1.41 bits per heavy atom. The summed E-state index contributed by atoms with van der Waals surface area (Å²) < 4.78 is 18.7. The molecule has 6 heteroatoms. The highest BCUT2D eigenvalue weighted by Crippen LogP contribution is 2.18. The molecule has 0 radical (unpaired) electrons. The van der Waals surface area contributed by atoms with Crippen molar-refractivity contribution in [3.63, 3.8) is 0 Å². The third-order valence-electron chi connectivity index (χ3n) is 10.5. The molecule has 54 heavy (non-hydrogen) atoms. The van der Waals surface area contributed by atoms with Crippen molar-refractivity contribution in [3.8, 4) is 0 Å². The van der Waals surface area contributed by atoms with Crippen LogP contribution in [0, 0.1) is 0 Å². The minimum Gasteiger partial charge on any atom is -0.387 e. The van der Waals surface area contributed by atoms with Crippen molar-refractivity contribution >= 4 is 12.4 Å². The Hall–Kier alpha value is -0.690. The number of nitrogens with one attached hydrogen (secondary N) is 1. The molecular weight excluding hydrogens is 690 g/mol. The summed E-state index contributed by atoms with van der Waals surface area (Å²) in [6, 6.07) is 8.14. The largest absolute Gasteiger partial charge is 0.387 e. The lowest BCUT2D eigenvalue weighted by Crippen LogP contribution is -2.38. The summed E-state index contributed by atoms with van der Waals surface area (Å²) >= 11 is 0. The Balaban J connectivity index is 0.0000281. The van der Waals surface area contributed by atoms with Gasteiger partial charge in [-0.15, -0.1) is 12.4 Å². The molecule has 1 aromatic carbocycles. The number of aliphatic hydroxyl groups is 1. The molecule has 0 aromatic heterocycles. The van der Waals surface area contributed by atoms with Crippen molar-refractivity contribution in [2.45, 2.75) is 239 Å². The fourth-order valence-electron chi connectivity index (χ4n) is 7.02. The average Bonchev–Trinajstić information content (AvgIpc) is 3.14. The Morgan fingerprint density at radius 1 is 0.556 bits per heavy atom. The fraction of sp³-hybridized carbons (Fsp3) is 0.875. The van der Waals surface area contributed by atoms with Crippen LogP contribution in [0.3, 0.4) is 0 Å². The predicted molar refractivity (Wildman–Crippen MR) is 237 cm³/mol. The first-order valence-corrected chi connectivity index (χ1v) is 23.1. The maximum Gasteiger partial charge on any atom is 0.104 e. The van der Waals surface area contributed by atoms with Gasteiger partial charge < -0.3 is 24.6 Å². The van der Waals surface area contributed by atoms with E-state index in [-0.39, 0.29) is 24.0 Å². The smallest absolute Gasteiger partial charge is 0.104 e. The summed E-state index contributed by atoms with van der Waals surface area (Å²) in [5, 5.41) is 14.1. The van der Waals surface area contributed by atoms with Crippen molar-refractivity contribution in [1.29, 1.82) is 0 Å². The summed E-state index contributed by atoms with van der Waals surface area (Å²) in [6.45, 7) is 14.7. The van der Waals surface area contributed by atoms with E-state index >= 15 is 0 Å². The van der Waals surface area contributed by atoms with Gasteiger partial charge in [0.15, 0.2) is 0 Å². The van der Waals surface area contributed by atoms with Crippen molar-refractivity contribution in [1.82, 2.24) is 5.32 Å². The fourth-order valence-corrected chi connectivity index (χ4v) is 7.02. The third kappa shape index (κ3) is 35.7. The molecule has 1 rings (SSSR count). The van der Waals surface area contributed by atoms with Gasteiger partial charge in [0.1, 0.15) is 6.10 Å². The van der Waals surface area contributed by atoms with Gasteiger partial charge in [-0.05, 0) is 44.7 Å². The van der Waals surface area contributed by atoms with E-state index in [9.17, 15) is 5.11 Å². The number of benzene rings is 1. The van der Waals surface area contributed by atoms with Gasteiger partial charge in [0, 0.05) is 25.3 Å². The van der Waals surface area contributed by atoms with E-state index in [1.807, 2.05) is 12.1 Å². The molecule has 320 valence electrons. The van der Waals surface area contributed by atoms with Crippen LogP contribution >= 0.6 is 12.4 Å². The number of unbranched alkanes of at least 4 members (excludes halogenated alkanes) is 26. The van der Waals surface area contributed by atoms with Crippen molar-refractivity contribution in [2.24, 2.45) is 0 Å². The van der Waals surface area contributed by atoms with Gasteiger partial charge in [-0.2, -0.15) is 0 Å². The number of rotatable bonds is 40. The van der Waals surface area contributed by atoms with Crippen molar-refractivity contribution in [3.05, 3.63) is 35.4 Å². The molecule has 0 bridgehead atoms.